The van der Waals surface area contributed by atoms with Crippen LogP contribution in [-0.4, -0.2) is 19.7 Å². The average Bonchev–Trinajstić information content (AvgIpc) is 3.07. The minimum absolute atomic E-state index is 0.0276. The fourth-order valence-electron chi connectivity index (χ4n) is 4.34. The average molecular weight is 354 g/mol. The summed E-state index contributed by atoms with van der Waals surface area (Å²) in [7, 11) is 1.41. The van der Waals surface area contributed by atoms with E-state index in [1.807, 2.05) is 24.3 Å². The van der Waals surface area contributed by atoms with E-state index in [2.05, 4.69) is 12.7 Å². The van der Waals surface area contributed by atoms with E-state index in [0.29, 0.717) is 18.4 Å². The number of hydrogen-bond donors (Lipinski definition) is 0. The molecule has 1 atom stereocenters. The van der Waals surface area contributed by atoms with Crippen LogP contribution in [-0.2, 0) is 9.53 Å². The van der Waals surface area contributed by atoms with Crippen LogP contribution < -0.4 is 4.74 Å². The Kier molecular flexibility index (Phi) is 6.18. The number of methoxy groups -OCH3 is 1. The molecular formula is C23H30O3. The molecule has 0 unspecified atom stereocenters. The lowest BCUT2D eigenvalue weighted by Gasteiger charge is -2.31. The SMILES string of the molecule is C=C[C@@H](CC(=O)OC)c1ccc(OCC2=CC3(CCCCC3)CC2)cc1. The fraction of sp³-hybridized carbons (Fsp3) is 0.522. The summed E-state index contributed by atoms with van der Waals surface area (Å²) in [5.41, 5.74) is 2.98. The van der Waals surface area contributed by atoms with Crippen molar-refractivity contribution in [3.63, 3.8) is 0 Å². The number of benzene rings is 1. The van der Waals surface area contributed by atoms with Gasteiger partial charge in [0.25, 0.3) is 0 Å². The Hall–Kier alpha value is -2.03. The Morgan fingerprint density at radius 1 is 1.19 bits per heavy atom. The van der Waals surface area contributed by atoms with E-state index in [1.54, 1.807) is 6.08 Å². The van der Waals surface area contributed by atoms with Crippen molar-refractivity contribution in [2.45, 2.75) is 57.3 Å². The molecule has 0 radical (unpaired) electrons. The van der Waals surface area contributed by atoms with E-state index in [0.717, 1.165) is 11.3 Å². The molecule has 0 aliphatic heterocycles. The van der Waals surface area contributed by atoms with Crippen molar-refractivity contribution < 1.29 is 14.3 Å². The Morgan fingerprint density at radius 2 is 1.92 bits per heavy atom. The molecule has 1 aromatic rings. The number of ether oxygens (including phenoxy) is 2. The zero-order valence-corrected chi connectivity index (χ0v) is 15.8. The van der Waals surface area contributed by atoms with Gasteiger partial charge in [0.15, 0.2) is 0 Å². The summed E-state index contributed by atoms with van der Waals surface area (Å²) in [6.07, 6.45) is 14.0. The number of hydrogen-bond acceptors (Lipinski definition) is 3. The van der Waals surface area contributed by atoms with Gasteiger partial charge in [-0.15, -0.1) is 6.58 Å². The van der Waals surface area contributed by atoms with Gasteiger partial charge in [-0.25, -0.2) is 0 Å². The first-order valence-electron chi connectivity index (χ1n) is 9.77. The van der Waals surface area contributed by atoms with Gasteiger partial charge in [-0.3, -0.25) is 4.79 Å². The molecule has 1 aromatic carbocycles. The van der Waals surface area contributed by atoms with Crippen molar-refractivity contribution in [2.75, 3.05) is 13.7 Å². The number of carbonyl (C=O) groups is 1. The lowest BCUT2D eigenvalue weighted by molar-refractivity contribution is -0.140. The van der Waals surface area contributed by atoms with E-state index < -0.39 is 0 Å². The Balaban J connectivity index is 1.55. The van der Waals surface area contributed by atoms with Gasteiger partial charge in [0, 0.05) is 5.92 Å². The van der Waals surface area contributed by atoms with E-state index in [-0.39, 0.29) is 11.9 Å². The molecule has 1 saturated carbocycles. The highest BCUT2D eigenvalue weighted by atomic mass is 16.5. The molecule has 3 heteroatoms. The van der Waals surface area contributed by atoms with Crippen molar-refractivity contribution in [2.24, 2.45) is 5.41 Å². The van der Waals surface area contributed by atoms with Gasteiger partial charge in [-0.1, -0.05) is 43.5 Å². The lowest BCUT2D eigenvalue weighted by atomic mass is 9.74. The van der Waals surface area contributed by atoms with Gasteiger partial charge in [-0.05, 0) is 54.4 Å². The first kappa shape index (κ1) is 18.8. The van der Waals surface area contributed by atoms with Crippen LogP contribution in [0, 0.1) is 5.41 Å². The molecule has 1 spiro atoms. The van der Waals surface area contributed by atoms with Crippen molar-refractivity contribution in [1.29, 1.82) is 0 Å². The molecule has 3 nitrogen and oxygen atoms in total. The highest BCUT2D eigenvalue weighted by molar-refractivity contribution is 5.70. The van der Waals surface area contributed by atoms with E-state index >= 15 is 0 Å². The van der Waals surface area contributed by atoms with Crippen molar-refractivity contribution in [3.8, 4) is 5.75 Å². The third kappa shape index (κ3) is 4.57. The first-order chi connectivity index (χ1) is 12.6. The predicted octanol–water partition coefficient (Wildman–Crippen LogP) is 5.57. The Labute approximate surface area is 157 Å². The second-order valence-corrected chi connectivity index (χ2v) is 7.71. The van der Waals surface area contributed by atoms with Crippen LogP contribution in [0.15, 0.2) is 48.6 Å². The van der Waals surface area contributed by atoms with Crippen molar-refractivity contribution >= 4 is 5.97 Å². The zero-order valence-electron chi connectivity index (χ0n) is 15.8. The van der Waals surface area contributed by atoms with Gasteiger partial charge in [0.2, 0.25) is 0 Å². The summed E-state index contributed by atoms with van der Waals surface area (Å²) in [4.78, 5) is 11.5. The topological polar surface area (TPSA) is 35.5 Å². The van der Waals surface area contributed by atoms with Crippen LogP contribution in [0.3, 0.4) is 0 Å². The van der Waals surface area contributed by atoms with Crippen LogP contribution >= 0.6 is 0 Å². The molecule has 1 fully saturated rings. The quantitative estimate of drug-likeness (QED) is 0.474. The van der Waals surface area contributed by atoms with Crippen molar-refractivity contribution in [1.82, 2.24) is 0 Å². The maximum absolute atomic E-state index is 11.5. The number of carbonyl (C=O) groups excluding carboxylic acids is 1. The van der Waals surface area contributed by atoms with Crippen LogP contribution in [0.4, 0.5) is 0 Å². The molecule has 0 N–H and O–H groups in total. The Morgan fingerprint density at radius 3 is 2.58 bits per heavy atom. The minimum Gasteiger partial charge on any atom is -0.489 e. The van der Waals surface area contributed by atoms with Crippen LogP contribution in [0.25, 0.3) is 0 Å². The number of esters is 1. The summed E-state index contributed by atoms with van der Waals surface area (Å²) in [5.74, 6) is 0.625. The summed E-state index contributed by atoms with van der Waals surface area (Å²) in [6.45, 7) is 4.52. The molecular weight excluding hydrogens is 324 g/mol. The molecule has 140 valence electrons. The first-order valence-corrected chi connectivity index (χ1v) is 9.77. The molecule has 2 aliphatic carbocycles. The molecule has 0 aromatic heterocycles. The molecule has 0 saturated heterocycles. The number of allylic oxidation sites excluding steroid dienone is 2. The van der Waals surface area contributed by atoms with Crippen LogP contribution in [0.5, 0.6) is 5.75 Å². The van der Waals surface area contributed by atoms with Gasteiger partial charge >= 0.3 is 5.97 Å². The predicted molar refractivity (Wildman–Crippen MR) is 104 cm³/mol. The number of rotatable bonds is 7. The van der Waals surface area contributed by atoms with Gasteiger partial charge < -0.3 is 9.47 Å². The maximum Gasteiger partial charge on any atom is 0.306 e. The molecule has 0 heterocycles. The smallest absolute Gasteiger partial charge is 0.306 e. The lowest BCUT2D eigenvalue weighted by Crippen LogP contribution is -2.18. The summed E-state index contributed by atoms with van der Waals surface area (Å²) in [5, 5.41) is 0. The molecule has 0 bridgehead atoms. The van der Waals surface area contributed by atoms with Gasteiger partial charge in [0.1, 0.15) is 12.4 Å². The highest BCUT2D eigenvalue weighted by Gasteiger charge is 2.34. The molecule has 0 amide bonds. The second-order valence-electron chi connectivity index (χ2n) is 7.71. The second kappa shape index (κ2) is 8.57. The molecule has 26 heavy (non-hydrogen) atoms. The minimum atomic E-state index is -0.222. The fourth-order valence-corrected chi connectivity index (χ4v) is 4.34. The van der Waals surface area contributed by atoms with E-state index in [1.165, 1.54) is 57.6 Å². The molecule has 2 aliphatic rings. The van der Waals surface area contributed by atoms with E-state index in [4.69, 9.17) is 9.47 Å². The largest absolute Gasteiger partial charge is 0.489 e. The van der Waals surface area contributed by atoms with Crippen LogP contribution in [0.2, 0.25) is 0 Å². The zero-order chi connectivity index (χ0) is 18.4. The summed E-state index contributed by atoms with van der Waals surface area (Å²) >= 11 is 0. The highest BCUT2D eigenvalue weighted by Crippen LogP contribution is 2.47. The molecule has 3 rings (SSSR count). The maximum atomic E-state index is 11.5. The van der Waals surface area contributed by atoms with Gasteiger partial charge in [-0.2, -0.15) is 0 Å². The monoisotopic (exact) mass is 354 g/mol. The Bertz CT molecular complexity index is 651. The third-order valence-corrected chi connectivity index (χ3v) is 5.93. The van der Waals surface area contributed by atoms with Gasteiger partial charge in [0.05, 0.1) is 13.5 Å². The van der Waals surface area contributed by atoms with Crippen molar-refractivity contribution in [3.05, 3.63) is 54.1 Å². The normalized spacial score (nSPS) is 19.7. The summed E-state index contributed by atoms with van der Waals surface area (Å²) < 4.78 is 10.8. The van der Waals surface area contributed by atoms with Crippen LogP contribution in [0.1, 0.15) is 62.8 Å². The summed E-state index contributed by atoms with van der Waals surface area (Å²) in [6, 6.07) is 7.98. The third-order valence-electron chi connectivity index (χ3n) is 5.93. The van der Waals surface area contributed by atoms with E-state index in [9.17, 15) is 4.79 Å². The standard InChI is InChI=1S/C23H30O3/c1-3-19(15-22(24)25-2)20-7-9-21(10-8-20)26-17-18-11-14-23(16-18)12-5-4-6-13-23/h3,7-10,16,19H,1,4-6,11-15,17H2,2H3/t19-/m0/s1.